The lowest BCUT2D eigenvalue weighted by Crippen LogP contribution is -2.22. The molecule has 102 valence electrons. The smallest absolute Gasteiger partial charge is 0.124 e. The fourth-order valence-electron chi connectivity index (χ4n) is 1.43. The van der Waals surface area contributed by atoms with Gasteiger partial charge >= 0.3 is 0 Å². The first-order chi connectivity index (χ1) is 8.46. The Balaban J connectivity index is 2.51. The average molecular weight is 273 g/mol. The van der Waals surface area contributed by atoms with Gasteiger partial charge in [-0.3, -0.25) is 0 Å². The van der Waals surface area contributed by atoms with Crippen LogP contribution in [0.2, 0.25) is 0 Å². The van der Waals surface area contributed by atoms with E-state index < -0.39 is 0 Å². The van der Waals surface area contributed by atoms with E-state index in [1.807, 2.05) is 39.0 Å². The summed E-state index contributed by atoms with van der Waals surface area (Å²) in [7, 11) is 1.63. The number of alkyl halides is 1. The van der Waals surface area contributed by atoms with Crippen LogP contribution >= 0.6 is 11.6 Å². The molecule has 0 bridgehead atoms. The maximum absolute atomic E-state index is 5.88. The minimum Gasteiger partial charge on any atom is -0.497 e. The molecule has 0 aliphatic carbocycles. The molecule has 0 N–H and O–H groups in total. The first-order valence-corrected chi connectivity index (χ1v) is 6.49. The monoisotopic (exact) mass is 272 g/mol. The molecule has 18 heavy (non-hydrogen) atoms. The molecule has 0 aliphatic rings. The van der Waals surface area contributed by atoms with Crippen LogP contribution in [0.1, 0.15) is 26.3 Å². The van der Waals surface area contributed by atoms with Gasteiger partial charge in [-0.05, 0) is 39.0 Å². The molecule has 0 atom stereocenters. The van der Waals surface area contributed by atoms with Crippen molar-refractivity contribution in [3.05, 3.63) is 23.8 Å². The minimum atomic E-state index is -0.140. The van der Waals surface area contributed by atoms with Gasteiger partial charge < -0.3 is 14.2 Å². The molecular formula is C14H21ClO3. The lowest BCUT2D eigenvalue weighted by atomic mass is 10.2. The number of ether oxygens (including phenoxy) is 3. The van der Waals surface area contributed by atoms with Crippen LogP contribution in [-0.4, -0.2) is 25.9 Å². The van der Waals surface area contributed by atoms with E-state index in [-0.39, 0.29) is 5.60 Å². The van der Waals surface area contributed by atoms with Crippen molar-refractivity contribution in [3.8, 4) is 11.5 Å². The van der Waals surface area contributed by atoms with E-state index in [4.69, 9.17) is 25.8 Å². The first-order valence-electron chi connectivity index (χ1n) is 5.96. The fraction of sp³-hybridized carbons (Fsp3) is 0.571. The van der Waals surface area contributed by atoms with E-state index in [1.54, 1.807) is 7.11 Å². The summed E-state index contributed by atoms with van der Waals surface area (Å²) in [5, 5.41) is 0. The lowest BCUT2D eigenvalue weighted by Gasteiger charge is -2.20. The topological polar surface area (TPSA) is 27.7 Å². The minimum absolute atomic E-state index is 0.140. The fourth-order valence-corrected chi connectivity index (χ4v) is 1.64. The molecule has 0 unspecified atom stereocenters. The summed E-state index contributed by atoms with van der Waals surface area (Å²) >= 11 is 5.88. The van der Waals surface area contributed by atoms with Gasteiger partial charge in [0, 0.05) is 5.56 Å². The van der Waals surface area contributed by atoms with Crippen LogP contribution < -0.4 is 9.47 Å². The second-order valence-electron chi connectivity index (χ2n) is 4.92. The highest BCUT2D eigenvalue weighted by Crippen LogP contribution is 2.25. The summed E-state index contributed by atoms with van der Waals surface area (Å²) in [6.45, 7) is 7.12. The van der Waals surface area contributed by atoms with Gasteiger partial charge in [0.25, 0.3) is 0 Å². The Kier molecular flexibility index (Phi) is 5.76. The molecule has 4 heteroatoms. The van der Waals surface area contributed by atoms with Crippen molar-refractivity contribution < 1.29 is 14.2 Å². The standard InChI is InChI=1S/C14H21ClO3/c1-14(2,3)18-8-7-17-13-6-5-12(16-4)9-11(13)10-15/h5-6,9H,7-8,10H2,1-4H3. The zero-order valence-electron chi connectivity index (χ0n) is 11.5. The summed E-state index contributed by atoms with van der Waals surface area (Å²) in [6.07, 6.45) is 0. The van der Waals surface area contributed by atoms with Gasteiger partial charge in [0.15, 0.2) is 0 Å². The third-order valence-electron chi connectivity index (χ3n) is 2.29. The summed E-state index contributed by atoms with van der Waals surface area (Å²) in [6, 6.07) is 5.61. The number of methoxy groups -OCH3 is 1. The summed E-state index contributed by atoms with van der Waals surface area (Å²) in [5.74, 6) is 1.96. The van der Waals surface area contributed by atoms with E-state index >= 15 is 0 Å². The molecule has 0 amide bonds. The maximum Gasteiger partial charge on any atom is 0.124 e. The van der Waals surface area contributed by atoms with Gasteiger partial charge in [0.1, 0.15) is 18.1 Å². The SMILES string of the molecule is COc1ccc(OCCOC(C)(C)C)c(CCl)c1. The largest absolute Gasteiger partial charge is 0.497 e. The van der Waals surface area contributed by atoms with E-state index in [1.165, 1.54) is 0 Å². The summed E-state index contributed by atoms with van der Waals surface area (Å²) in [4.78, 5) is 0. The van der Waals surface area contributed by atoms with Crippen molar-refractivity contribution in [2.75, 3.05) is 20.3 Å². The zero-order chi connectivity index (χ0) is 13.6. The molecule has 0 saturated carbocycles. The Hall–Kier alpha value is -0.930. The molecule has 1 aromatic carbocycles. The highest BCUT2D eigenvalue weighted by molar-refractivity contribution is 6.17. The van der Waals surface area contributed by atoms with E-state index in [0.717, 1.165) is 17.1 Å². The Bertz CT molecular complexity index is 372. The Labute approximate surface area is 114 Å². The van der Waals surface area contributed by atoms with Crippen LogP contribution in [0.4, 0.5) is 0 Å². The van der Waals surface area contributed by atoms with Crippen LogP contribution in [-0.2, 0) is 10.6 Å². The molecule has 0 aromatic heterocycles. The number of hydrogen-bond acceptors (Lipinski definition) is 3. The van der Waals surface area contributed by atoms with Crippen LogP contribution in [0.15, 0.2) is 18.2 Å². The van der Waals surface area contributed by atoms with Gasteiger partial charge in [-0.15, -0.1) is 11.6 Å². The van der Waals surface area contributed by atoms with Gasteiger partial charge in [0.05, 0.1) is 25.2 Å². The molecule has 1 rings (SSSR count). The third-order valence-corrected chi connectivity index (χ3v) is 2.58. The van der Waals surface area contributed by atoms with Crippen LogP contribution in [0.25, 0.3) is 0 Å². The Morgan fingerprint density at radius 3 is 2.44 bits per heavy atom. The van der Waals surface area contributed by atoms with Crippen molar-refractivity contribution in [3.63, 3.8) is 0 Å². The number of benzene rings is 1. The van der Waals surface area contributed by atoms with Crippen LogP contribution in [0.5, 0.6) is 11.5 Å². The molecule has 0 fully saturated rings. The second-order valence-corrected chi connectivity index (χ2v) is 5.18. The van der Waals surface area contributed by atoms with Gasteiger partial charge in [0.2, 0.25) is 0 Å². The molecular weight excluding hydrogens is 252 g/mol. The lowest BCUT2D eigenvalue weighted by molar-refractivity contribution is -0.0163. The van der Waals surface area contributed by atoms with Crippen LogP contribution in [0, 0.1) is 0 Å². The first kappa shape index (κ1) is 15.1. The molecule has 0 spiro atoms. The molecule has 0 heterocycles. The van der Waals surface area contributed by atoms with E-state index in [9.17, 15) is 0 Å². The van der Waals surface area contributed by atoms with Crippen molar-refractivity contribution in [2.24, 2.45) is 0 Å². The normalized spacial score (nSPS) is 11.4. The highest BCUT2D eigenvalue weighted by Gasteiger charge is 2.10. The number of hydrogen-bond donors (Lipinski definition) is 0. The predicted molar refractivity (Wildman–Crippen MR) is 73.8 cm³/mol. The number of halogens is 1. The van der Waals surface area contributed by atoms with Crippen molar-refractivity contribution in [1.82, 2.24) is 0 Å². The Morgan fingerprint density at radius 1 is 1.17 bits per heavy atom. The Morgan fingerprint density at radius 2 is 1.89 bits per heavy atom. The molecule has 1 aromatic rings. The van der Waals surface area contributed by atoms with E-state index in [2.05, 4.69) is 0 Å². The van der Waals surface area contributed by atoms with Crippen molar-refractivity contribution in [2.45, 2.75) is 32.3 Å². The van der Waals surface area contributed by atoms with Crippen molar-refractivity contribution >= 4 is 11.6 Å². The maximum atomic E-state index is 5.88. The van der Waals surface area contributed by atoms with Gasteiger partial charge in [-0.2, -0.15) is 0 Å². The predicted octanol–water partition coefficient (Wildman–Crippen LogP) is 3.63. The molecule has 3 nitrogen and oxygen atoms in total. The summed E-state index contributed by atoms with van der Waals surface area (Å²) in [5.41, 5.74) is 0.783. The molecule has 0 aliphatic heterocycles. The second kappa shape index (κ2) is 6.86. The highest BCUT2D eigenvalue weighted by atomic mass is 35.5. The van der Waals surface area contributed by atoms with Gasteiger partial charge in [-0.1, -0.05) is 0 Å². The summed E-state index contributed by atoms with van der Waals surface area (Å²) < 4.78 is 16.4. The van der Waals surface area contributed by atoms with Gasteiger partial charge in [-0.25, -0.2) is 0 Å². The van der Waals surface area contributed by atoms with E-state index in [0.29, 0.717) is 19.1 Å². The zero-order valence-corrected chi connectivity index (χ0v) is 12.2. The van der Waals surface area contributed by atoms with Crippen molar-refractivity contribution in [1.29, 1.82) is 0 Å². The molecule has 0 radical (unpaired) electrons. The quantitative estimate of drug-likeness (QED) is 0.585. The van der Waals surface area contributed by atoms with Crippen LogP contribution in [0.3, 0.4) is 0 Å². The number of rotatable bonds is 6. The third kappa shape index (κ3) is 5.15. The molecule has 0 saturated heterocycles. The average Bonchev–Trinajstić information content (AvgIpc) is 2.33.